The Morgan fingerprint density at radius 2 is 1.88 bits per heavy atom. The molecule has 24 heavy (non-hydrogen) atoms. The van der Waals surface area contributed by atoms with Gasteiger partial charge >= 0.3 is 0 Å². The van der Waals surface area contributed by atoms with Crippen LogP contribution in [-0.4, -0.2) is 15.5 Å². The topological polar surface area (TPSA) is 64.0 Å². The van der Waals surface area contributed by atoms with Crippen molar-refractivity contribution >= 4 is 34.1 Å². The molecular weight excluding hydrogens is 326 g/mol. The number of fused-ring (bicyclic) bond motifs is 1. The number of rotatable bonds is 5. The van der Waals surface area contributed by atoms with Gasteiger partial charge in [0.2, 0.25) is 5.91 Å². The molecule has 1 heterocycles. The van der Waals surface area contributed by atoms with E-state index in [1.165, 1.54) is 10.9 Å². The SMILES string of the molecule is O=C(CCCn1cnc2ccccc2c1=O)Nc1ccc(Cl)cc1. The highest BCUT2D eigenvalue weighted by atomic mass is 35.5. The van der Waals surface area contributed by atoms with Crippen molar-refractivity contribution in [2.45, 2.75) is 19.4 Å². The molecule has 0 aliphatic carbocycles. The second kappa shape index (κ2) is 7.27. The van der Waals surface area contributed by atoms with Crippen LogP contribution in [0.5, 0.6) is 0 Å². The summed E-state index contributed by atoms with van der Waals surface area (Å²) in [5.74, 6) is -0.0980. The van der Waals surface area contributed by atoms with Crippen LogP contribution in [0.3, 0.4) is 0 Å². The van der Waals surface area contributed by atoms with Gasteiger partial charge < -0.3 is 5.32 Å². The maximum absolute atomic E-state index is 12.3. The molecule has 3 rings (SSSR count). The maximum Gasteiger partial charge on any atom is 0.261 e. The zero-order valence-corrected chi connectivity index (χ0v) is 13.7. The molecule has 6 heteroatoms. The molecule has 0 atom stereocenters. The molecule has 1 N–H and O–H groups in total. The number of para-hydroxylation sites is 1. The van der Waals surface area contributed by atoms with Gasteiger partial charge in [-0.25, -0.2) is 4.98 Å². The highest BCUT2D eigenvalue weighted by Crippen LogP contribution is 2.13. The van der Waals surface area contributed by atoms with Crippen LogP contribution in [0.15, 0.2) is 59.7 Å². The van der Waals surface area contributed by atoms with Gasteiger partial charge in [-0.2, -0.15) is 0 Å². The van der Waals surface area contributed by atoms with Crippen LogP contribution in [0.4, 0.5) is 5.69 Å². The molecular formula is C18H16ClN3O2. The minimum atomic E-state index is -0.0980. The van der Waals surface area contributed by atoms with Crippen molar-refractivity contribution < 1.29 is 4.79 Å². The van der Waals surface area contributed by atoms with Crippen molar-refractivity contribution in [1.29, 1.82) is 0 Å². The third kappa shape index (κ3) is 3.81. The van der Waals surface area contributed by atoms with Crippen molar-refractivity contribution in [2.75, 3.05) is 5.32 Å². The average molecular weight is 342 g/mol. The lowest BCUT2D eigenvalue weighted by Gasteiger charge is -2.07. The Balaban J connectivity index is 1.58. The van der Waals surface area contributed by atoms with Gasteiger partial charge in [-0.1, -0.05) is 23.7 Å². The Morgan fingerprint density at radius 1 is 1.12 bits per heavy atom. The monoisotopic (exact) mass is 341 g/mol. The quantitative estimate of drug-likeness (QED) is 0.772. The van der Waals surface area contributed by atoms with Crippen LogP contribution in [0.25, 0.3) is 10.9 Å². The minimum Gasteiger partial charge on any atom is -0.326 e. The van der Waals surface area contributed by atoms with Crippen LogP contribution in [0, 0.1) is 0 Å². The summed E-state index contributed by atoms with van der Waals surface area (Å²) in [7, 11) is 0. The molecule has 0 fully saturated rings. The molecule has 2 aromatic carbocycles. The average Bonchev–Trinajstić information content (AvgIpc) is 2.59. The van der Waals surface area contributed by atoms with Crippen LogP contribution in [-0.2, 0) is 11.3 Å². The van der Waals surface area contributed by atoms with Gasteiger partial charge in [-0.05, 0) is 42.8 Å². The van der Waals surface area contributed by atoms with E-state index in [0.717, 1.165) is 0 Å². The molecule has 0 saturated carbocycles. The summed E-state index contributed by atoms with van der Waals surface area (Å²) >= 11 is 5.80. The number of hydrogen-bond donors (Lipinski definition) is 1. The van der Waals surface area contributed by atoms with E-state index < -0.39 is 0 Å². The van der Waals surface area contributed by atoms with Gasteiger partial charge in [0.05, 0.1) is 17.2 Å². The highest BCUT2D eigenvalue weighted by molar-refractivity contribution is 6.30. The highest BCUT2D eigenvalue weighted by Gasteiger charge is 2.06. The third-order valence-corrected chi connectivity index (χ3v) is 3.91. The lowest BCUT2D eigenvalue weighted by atomic mass is 10.2. The minimum absolute atomic E-state index is 0.0845. The first-order valence-corrected chi connectivity index (χ1v) is 8.01. The Morgan fingerprint density at radius 3 is 2.67 bits per heavy atom. The zero-order chi connectivity index (χ0) is 16.9. The van der Waals surface area contributed by atoms with Crippen LogP contribution < -0.4 is 10.9 Å². The Bertz CT molecular complexity index is 919. The Labute approximate surface area is 143 Å². The van der Waals surface area contributed by atoms with Gasteiger partial charge in [0.1, 0.15) is 0 Å². The summed E-state index contributed by atoms with van der Waals surface area (Å²) in [5, 5.41) is 4.01. The lowest BCUT2D eigenvalue weighted by molar-refractivity contribution is -0.116. The number of nitrogens with one attached hydrogen (secondary N) is 1. The fourth-order valence-electron chi connectivity index (χ4n) is 2.43. The van der Waals surface area contributed by atoms with Gasteiger partial charge in [0.25, 0.3) is 5.56 Å². The van der Waals surface area contributed by atoms with Crippen LogP contribution in [0.2, 0.25) is 5.02 Å². The fraction of sp³-hybridized carbons (Fsp3) is 0.167. The van der Waals surface area contributed by atoms with E-state index in [4.69, 9.17) is 11.6 Å². The number of aryl methyl sites for hydroxylation is 1. The first-order chi connectivity index (χ1) is 11.6. The van der Waals surface area contributed by atoms with E-state index in [0.29, 0.717) is 41.0 Å². The molecule has 0 aliphatic rings. The first-order valence-electron chi connectivity index (χ1n) is 7.63. The largest absolute Gasteiger partial charge is 0.326 e. The molecule has 0 saturated heterocycles. The van der Waals surface area contributed by atoms with Crippen LogP contribution in [0.1, 0.15) is 12.8 Å². The van der Waals surface area contributed by atoms with E-state index in [1.54, 1.807) is 36.4 Å². The molecule has 0 radical (unpaired) electrons. The zero-order valence-electron chi connectivity index (χ0n) is 12.9. The van der Waals surface area contributed by atoms with Crippen molar-refractivity contribution in [2.24, 2.45) is 0 Å². The number of halogens is 1. The van der Waals surface area contributed by atoms with E-state index in [2.05, 4.69) is 10.3 Å². The van der Waals surface area contributed by atoms with E-state index >= 15 is 0 Å². The molecule has 5 nitrogen and oxygen atoms in total. The smallest absolute Gasteiger partial charge is 0.261 e. The number of carbonyl (C=O) groups excluding carboxylic acids is 1. The molecule has 0 bridgehead atoms. The molecule has 1 aromatic heterocycles. The summed E-state index contributed by atoms with van der Waals surface area (Å²) in [6.45, 7) is 0.449. The molecule has 0 unspecified atom stereocenters. The number of carbonyl (C=O) groups is 1. The number of aromatic nitrogens is 2. The van der Waals surface area contributed by atoms with Crippen LogP contribution >= 0.6 is 11.6 Å². The number of nitrogens with zero attached hydrogens (tertiary/aromatic N) is 2. The summed E-state index contributed by atoms with van der Waals surface area (Å²) in [6.07, 6.45) is 2.41. The van der Waals surface area contributed by atoms with E-state index in [9.17, 15) is 9.59 Å². The lowest BCUT2D eigenvalue weighted by Crippen LogP contribution is -2.21. The van der Waals surface area contributed by atoms with Crippen molar-refractivity contribution in [3.05, 3.63) is 70.2 Å². The second-order valence-corrected chi connectivity index (χ2v) is 5.86. The summed E-state index contributed by atoms with van der Waals surface area (Å²) in [5.41, 5.74) is 1.30. The molecule has 1 amide bonds. The van der Waals surface area contributed by atoms with Crippen molar-refractivity contribution in [3.63, 3.8) is 0 Å². The standard InChI is InChI=1S/C18H16ClN3O2/c19-13-7-9-14(10-8-13)21-17(23)6-3-11-22-12-20-16-5-2-1-4-15(16)18(22)24/h1-2,4-5,7-10,12H,3,6,11H2,(H,21,23). The van der Waals surface area contributed by atoms with Gasteiger partial charge in [-0.3, -0.25) is 14.2 Å². The maximum atomic E-state index is 12.3. The molecule has 3 aromatic rings. The predicted molar refractivity (Wildman–Crippen MR) is 95.3 cm³/mol. The number of hydrogen-bond acceptors (Lipinski definition) is 3. The van der Waals surface area contributed by atoms with Gasteiger partial charge in [0, 0.05) is 23.7 Å². The summed E-state index contributed by atoms with van der Waals surface area (Å²) < 4.78 is 1.54. The second-order valence-electron chi connectivity index (χ2n) is 5.42. The predicted octanol–water partition coefficient (Wildman–Crippen LogP) is 3.47. The van der Waals surface area contributed by atoms with E-state index in [1.807, 2.05) is 12.1 Å². The number of anilines is 1. The summed E-state index contributed by atoms with van der Waals surface area (Å²) in [4.78, 5) is 28.5. The van der Waals surface area contributed by atoms with Gasteiger partial charge in [0.15, 0.2) is 0 Å². The Hall–Kier alpha value is -2.66. The third-order valence-electron chi connectivity index (χ3n) is 3.66. The number of amides is 1. The molecule has 0 spiro atoms. The normalized spacial score (nSPS) is 10.7. The Kier molecular flexibility index (Phi) is 4.91. The number of benzene rings is 2. The van der Waals surface area contributed by atoms with Crippen molar-refractivity contribution in [3.8, 4) is 0 Å². The molecule has 0 aliphatic heterocycles. The van der Waals surface area contributed by atoms with Crippen molar-refractivity contribution in [1.82, 2.24) is 9.55 Å². The van der Waals surface area contributed by atoms with E-state index in [-0.39, 0.29) is 11.5 Å². The van der Waals surface area contributed by atoms with Gasteiger partial charge in [-0.15, -0.1) is 0 Å². The summed E-state index contributed by atoms with van der Waals surface area (Å²) in [6, 6.07) is 14.2. The fourth-order valence-corrected chi connectivity index (χ4v) is 2.56. The first kappa shape index (κ1) is 16.2. The molecule has 122 valence electrons.